The highest BCUT2D eigenvalue weighted by atomic mass is 32.2. The van der Waals surface area contributed by atoms with Crippen molar-refractivity contribution in [2.24, 2.45) is 13.0 Å². The Balaban J connectivity index is 0.000000606. The van der Waals surface area contributed by atoms with Crippen molar-refractivity contribution in [3.8, 4) is 0 Å². The van der Waals surface area contributed by atoms with Crippen molar-refractivity contribution in [1.29, 1.82) is 0 Å². The van der Waals surface area contributed by atoms with E-state index in [0.717, 1.165) is 12.0 Å². The van der Waals surface area contributed by atoms with Crippen molar-refractivity contribution in [2.75, 3.05) is 37.0 Å². The van der Waals surface area contributed by atoms with E-state index in [1.54, 1.807) is 41.3 Å². The van der Waals surface area contributed by atoms with E-state index in [-0.39, 0.29) is 40.9 Å². The van der Waals surface area contributed by atoms with E-state index in [4.69, 9.17) is 0 Å². The van der Waals surface area contributed by atoms with Gasteiger partial charge in [-0.2, -0.15) is 5.10 Å². The first kappa shape index (κ1) is 34.8. The average molecular weight is 651 g/mol. The molecule has 248 valence electrons. The Kier molecular flexibility index (Phi) is 12.9. The van der Waals surface area contributed by atoms with Gasteiger partial charge in [0.1, 0.15) is 0 Å². The van der Waals surface area contributed by atoms with Crippen LogP contribution < -0.4 is 30.3 Å². The molecule has 13 heteroatoms. The number of nitrogens with zero attached hydrogens (tertiary/aromatic N) is 3. The van der Waals surface area contributed by atoms with Crippen LogP contribution in [0.15, 0.2) is 60.9 Å². The Morgan fingerprint density at radius 1 is 1.02 bits per heavy atom. The number of amides is 3. The fourth-order valence-corrected chi connectivity index (χ4v) is 5.79. The van der Waals surface area contributed by atoms with Crippen LogP contribution in [0.4, 0.5) is 5.69 Å². The lowest BCUT2D eigenvalue weighted by Gasteiger charge is -2.28. The lowest BCUT2D eigenvalue weighted by molar-refractivity contribution is -0.122. The zero-order valence-electron chi connectivity index (χ0n) is 27.0. The maximum Gasteiger partial charge on any atom is 0.251 e. The van der Waals surface area contributed by atoms with Crippen molar-refractivity contribution in [3.63, 3.8) is 0 Å². The molecular weight excluding hydrogens is 604 g/mol. The predicted octanol–water partition coefficient (Wildman–Crippen LogP) is 2.52. The minimum Gasteiger partial charge on any atom is -0.354 e. The highest BCUT2D eigenvalue weighted by Gasteiger charge is 2.24. The Labute approximate surface area is 273 Å². The van der Waals surface area contributed by atoms with Crippen LogP contribution in [-0.4, -0.2) is 70.5 Å². The summed E-state index contributed by atoms with van der Waals surface area (Å²) in [6.45, 7) is 8.30. The van der Waals surface area contributed by atoms with Crippen LogP contribution in [0, 0.1) is 12.8 Å². The number of aryl methyl sites for hydroxylation is 2. The molecule has 12 nitrogen and oxygen atoms in total. The number of benzene rings is 2. The second-order valence-corrected chi connectivity index (χ2v) is 13.0. The summed E-state index contributed by atoms with van der Waals surface area (Å²) in [5.74, 6) is -0.166. The van der Waals surface area contributed by atoms with Crippen LogP contribution in [0.3, 0.4) is 0 Å². The van der Waals surface area contributed by atoms with Gasteiger partial charge in [-0.3, -0.25) is 23.4 Å². The summed E-state index contributed by atoms with van der Waals surface area (Å²) in [6.07, 6.45) is 6.64. The molecule has 46 heavy (non-hydrogen) atoms. The molecule has 1 aliphatic heterocycles. The minimum absolute atomic E-state index is 0.0553. The summed E-state index contributed by atoms with van der Waals surface area (Å²) in [5.41, 5.74) is 3.26. The zero-order chi connectivity index (χ0) is 33.1. The molecule has 1 aliphatic carbocycles. The summed E-state index contributed by atoms with van der Waals surface area (Å²) in [6, 6.07) is 14.4. The van der Waals surface area contributed by atoms with Gasteiger partial charge in [-0.1, -0.05) is 35.9 Å². The molecule has 3 aromatic rings. The van der Waals surface area contributed by atoms with E-state index in [9.17, 15) is 18.6 Å². The average Bonchev–Trinajstić information content (AvgIpc) is 3.79. The Morgan fingerprint density at radius 2 is 1.74 bits per heavy atom. The molecule has 3 amide bonds. The highest BCUT2D eigenvalue weighted by Crippen LogP contribution is 2.27. The second-order valence-electron chi connectivity index (χ2n) is 11.8. The van der Waals surface area contributed by atoms with Gasteiger partial charge in [0, 0.05) is 62.7 Å². The third kappa shape index (κ3) is 10.8. The van der Waals surface area contributed by atoms with E-state index in [2.05, 4.69) is 50.1 Å². The van der Waals surface area contributed by atoms with E-state index in [1.807, 2.05) is 31.3 Å². The molecule has 1 saturated carbocycles. The lowest BCUT2D eigenvalue weighted by Crippen LogP contribution is -2.45. The van der Waals surface area contributed by atoms with Gasteiger partial charge in [-0.25, -0.2) is 8.93 Å². The fraction of sp³-hybridized carbons (Fsp3) is 0.455. The summed E-state index contributed by atoms with van der Waals surface area (Å²) in [5, 5.41) is 16.0. The first-order valence-corrected chi connectivity index (χ1v) is 16.9. The van der Waals surface area contributed by atoms with Gasteiger partial charge in [-0.15, -0.1) is 0 Å². The van der Waals surface area contributed by atoms with Crippen LogP contribution in [0.25, 0.3) is 0 Å². The molecule has 0 bridgehead atoms. The number of aromatic nitrogens is 2. The summed E-state index contributed by atoms with van der Waals surface area (Å²) in [4.78, 5) is 38.4. The van der Waals surface area contributed by atoms with E-state index < -0.39 is 11.2 Å². The molecule has 0 radical (unpaired) electrons. The van der Waals surface area contributed by atoms with Gasteiger partial charge in [0.05, 0.1) is 24.0 Å². The number of hydrogen-bond acceptors (Lipinski definition) is 6. The smallest absolute Gasteiger partial charge is 0.251 e. The maximum absolute atomic E-state index is 13.2. The molecule has 2 unspecified atom stereocenters. The molecule has 2 aromatic carbocycles. The van der Waals surface area contributed by atoms with Crippen molar-refractivity contribution < 1.29 is 18.6 Å². The van der Waals surface area contributed by atoms with Crippen LogP contribution in [0.1, 0.15) is 71.0 Å². The first-order chi connectivity index (χ1) is 22.1. The van der Waals surface area contributed by atoms with Crippen molar-refractivity contribution >= 4 is 34.6 Å². The molecule has 2 fully saturated rings. The molecule has 0 spiro atoms. The fourth-order valence-electron chi connectivity index (χ4n) is 4.73. The SMILES string of the molecule is CC(NC(=O)c1cc(C(=O)NCCN[C@@H](C)C(=O)NCC2CC2)cc(N2CCCNS2=O)c1)c1cnn(C)c1.Cc1ccccc1. The zero-order valence-corrected chi connectivity index (χ0v) is 27.9. The standard InChI is InChI=1S/C26H38N8O4S.C7H8/c1-17(22-15-30-33(3)16-22)32-26(37)21-11-20(12-23(13-21)34-10-4-7-31-39(34)38)25(36)28-9-8-27-18(2)24(35)29-14-19-5-6-19;1-7-5-3-2-4-6-7/h11-13,15-19,27,31H,4-10,14H2,1-3H3,(H,28,36)(H,29,35)(H,32,37);2-6H,1H3/t17?,18-,39?;/m0./s1. The van der Waals surface area contributed by atoms with Crippen LogP contribution in [0.5, 0.6) is 0 Å². The number of carbonyl (C=O) groups is 3. The largest absolute Gasteiger partial charge is 0.354 e. The van der Waals surface area contributed by atoms with Crippen LogP contribution in [-0.2, 0) is 23.0 Å². The third-order valence-corrected chi connectivity index (χ3v) is 8.97. The number of rotatable bonds is 12. The van der Waals surface area contributed by atoms with Crippen molar-refractivity contribution in [3.05, 3.63) is 83.2 Å². The lowest BCUT2D eigenvalue weighted by atomic mass is 10.1. The Bertz CT molecular complexity index is 1490. The summed E-state index contributed by atoms with van der Waals surface area (Å²) in [7, 11) is 1.80. The molecule has 1 aromatic heterocycles. The van der Waals surface area contributed by atoms with Crippen molar-refractivity contribution in [1.82, 2.24) is 35.8 Å². The third-order valence-electron chi connectivity index (χ3n) is 7.72. The number of anilines is 1. The number of nitrogens with one attached hydrogen (secondary N) is 5. The quantitative estimate of drug-likeness (QED) is 0.190. The van der Waals surface area contributed by atoms with Crippen LogP contribution >= 0.6 is 0 Å². The molecule has 3 atom stereocenters. The Hall–Kier alpha value is -4.07. The van der Waals surface area contributed by atoms with E-state index in [1.165, 1.54) is 24.5 Å². The molecular formula is C33H46N8O4S. The van der Waals surface area contributed by atoms with Gasteiger partial charge in [0.2, 0.25) is 5.91 Å². The molecule has 5 rings (SSSR count). The monoisotopic (exact) mass is 650 g/mol. The number of hydrogen-bond donors (Lipinski definition) is 5. The first-order valence-electron chi connectivity index (χ1n) is 15.8. The molecule has 1 saturated heterocycles. The van der Waals surface area contributed by atoms with Gasteiger partial charge in [0.25, 0.3) is 11.8 Å². The Morgan fingerprint density at radius 3 is 2.35 bits per heavy atom. The summed E-state index contributed by atoms with van der Waals surface area (Å²) < 4.78 is 18.8. The molecule has 5 N–H and O–H groups in total. The highest BCUT2D eigenvalue weighted by molar-refractivity contribution is 7.84. The van der Waals surface area contributed by atoms with Gasteiger partial charge in [-0.05, 0) is 64.2 Å². The van der Waals surface area contributed by atoms with Gasteiger partial charge in [0.15, 0.2) is 11.2 Å². The predicted molar refractivity (Wildman–Crippen MR) is 180 cm³/mol. The van der Waals surface area contributed by atoms with Gasteiger partial charge < -0.3 is 21.3 Å². The summed E-state index contributed by atoms with van der Waals surface area (Å²) >= 11 is -1.47. The van der Waals surface area contributed by atoms with Gasteiger partial charge >= 0.3 is 0 Å². The molecule has 2 aliphatic rings. The van der Waals surface area contributed by atoms with Crippen LogP contribution in [0.2, 0.25) is 0 Å². The minimum atomic E-state index is -1.47. The van der Waals surface area contributed by atoms with E-state index >= 15 is 0 Å². The topological polar surface area (TPSA) is 149 Å². The number of carbonyl (C=O) groups excluding carboxylic acids is 3. The second kappa shape index (κ2) is 17.0. The maximum atomic E-state index is 13.2. The van der Waals surface area contributed by atoms with Crippen molar-refractivity contribution in [2.45, 2.75) is 52.1 Å². The molecule has 2 heterocycles. The normalized spacial score (nSPS) is 17.2. The van der Waals surface area contributed by atoms with E-state index in [0.29, 0.717) is 44.3 Å².